The van der Waals surface area contributed by atoms with E-state index in [0.717, 1.165) is 12.8 Å². The third kappa shape index (κ3) is 3.88. The fraction of sp³-hybridized carbons (Fsp3) is 0.385. The fourth-order valence-corrected chi connectivity index (χ4v) is 2.66. The molecule has 0 aliphatic carbocycles. The monoisotopic (exact) mass is 301 g/mol. The van der Waals surface area contributed by atoms with Crippen molar-refractivity contribution >= 4 is 27.1 Å². The lowest BCUT2D eigenvalue weighted by Crippen LogP contribution is -2.23. The summed E-state index contributed by atoms with van der Waals surface area (Å²) in [6, 6.07) is 4.64. The first-order valence-electron chi connectivity index (χ1n) is 6.01. The van der Waals surface area contributed by atoms with Crippen LogP contribution in [0, 0.1) is 0 Å². The Morgan fingerprint density at radius 2 is 2.26 bits per heavy atom. The third-order valence-electron chi connectivity index (χ3n) is 2.91. The average molecular weight is 302 g/mol. The van der Waals surface area contributed by atoms with Crippen LogP contribution in [0.5, 0.6) is 0 Å². The molecular formula is C13H16ClNO3S. The van der Waals surface area contributed by atoms with Gasteiger partial charge in [-0.25, -0.2) is 8.42 Å². The lowest BCUT2D eigenvalue weighted by Gasteiger charge is -2.20. The van der Waals surface area contributed by atoms with Crippen molar-refractivity contribution in [2.75, 3.05) is 18.1 Å². The Balaban J connectivity index is 2.09. The molecule has 0 unspecified atom stereocenters. The van der Waals surface area contributed by atoms with E-state index in [1.807, 2.05) is 6.08 Å². The summed E-state index contributed by atoms with van der Waals surface area (Å²) in [4.78, 5) is 0.254. The van der Waals surface area contributed by atoms with Crippen molar-refractivity contribution in [3.05, 3.63) is 35.6 Å². The Hall–Kier alpha value is -1.20. The molecule has 6 heteroatoms. The molecule has 1 aliphatic heterocycles. The highest BCUT2D eigenvalue weighted by molar-refractivity contribution is 7.90. The number of ether oxygens (including phenoxy) is 1. The molecule has 4 nitrogen and oxygen atoms in total. The Labute approximate surface area is 118 Å². The summed E-state index contributed by atoms with van der Waals surface area (Å²) in [6.07, 6.45) is 6.87. The molecule has 1 heterocycles. The molecule has 1 aromatic rings. The van der Waals surface area contributed by atoms with Gasteiger partial charge in [0.2, 0.25) is 0 Å². The normalized spacial score (nSPS) is 18.9. The van der Waals surface area contributed by atoms with Gasteiger partial charge in [0.15, 0.2) is 9.84 Å². The van der Waals surface area contributed by atoms with Gasteiger partial charge in [0.25, 0.3) is 0 Å². The van der Waals surface area contributed by atoms with E-state index >= 15 is 0 Å². The Morgan fingerprint density at radius 1 is 1.47 bits per heavy atom. The van der Waals surface area contributed by atoms with Crippen molar-refractivity contribution in [2.45, 2.75) is 23.8 Å². The SMILES string of the molecule is CS(=O)(=O)c1ccc(Cl)c(NC[C@H]2CCC=CO2)c1. The van der Waals surface area contributed by atoms with Crippen molar-refractivity contribution in [1.82, 2.24) is 0 Å². The predicted octanol–water partition coefficient (Wildman–Crippen LogP) is 2.85. The fourth-order valence-electron chi connectivity index (χ4n) is 1.83. The Morgan fingerprint density at radius 3 is 2.89 bits per heavy atom. The van der Waals surface area contributed by atoms with Crippen molar-refractivity contribution in [1.29, 1.82) is 0 Å². The quantitative estimate of drug-likeness (QED) is 0.929. The maximum Gasteiger partial charge on any atom is 0.175 e. The van der Waals surface area contributed by atoms with Gasteiger partial charge >= 0.3 is 0 Å². The number of halogens is 1. The van der Waals surface area contributed by atoms with E-state index in [-0.39, 0.29) is 11.0 Å². The zero-order valence-corrected chi connectivity index (χ0v) is 12.2. The van der Waals surface area contributed by atoms with E-state index in [0.29, 0.717) is 17.3 Å². The molecule has 0 radical (unpaired) electrons. The van der Waals surface area contributed by atoms with E-state index in [1.54, 1.807) is 18.4 Å². The van der Waals surface area contributed by atoms with Gasteiger partial charge in [0, 0.05) is 6.26 Å². The molecule has 1 N–H and O–H groups in total. The van der Waals surface area contributed by atoms with Gasteiger partial charge in [-0.2, -0.15) is 0 Å². The number of rotatable bonds is 4. The lowest BCUT2D eigenvalue weighted by atomic mass is 10.1. The van der Waals surface area contributed by atoms with Gasteiger partial charge in [-0.15, -0.1) is 0 Å². The van der Waals surface area contributed by atoms with E-state index in [2.05, 4.69) is 5.32 Å². The van der Waals surface area contributed by atoms with Crippen molar-refractivity contribution in [3.63, 3.8) is 0 Å². The second kappa shape index (κ2) is 5.84. The van der Waals surface area contributed by atoms with E-state index in [9.17, 15) is 8.42 Å². The molecule has 1 atom stereocenters. The zero-order valence-electron chi connectivity index (χ0n) is 10.6. The number of hydrogen-bond acceptors (Lipinski definition) is 4. The molecule has 19 heavy (non-hydrogen) atoms. The molecule has 1 aliphatic rings. The first-order valence-corrected chi connectivity index (χ1v) is 8.28. The summed E-state index contributed by atoms with van der Waals surface area (Å²) in [6.45, 7) is 0.595. The van der Waals surface area contributed by atoms with Gasteiger partial charge in [0.05, 0.1) is 28.4 Å². The maximum absolute atomic E-state index is 11.5. The minimum absolute atomic E-state index is 0.0861. The molecule has 104 valence electrons. The summed E-state index contributed by atoms with van der Waals surface area (Å²) in [5.74, 6) is 0. The lowest BCUT2D eigenvalue weighted by molar-refractivity contribution is 0.135. The van der Waals surface area contributed by atoms with E-state index < -0.39 is 9.84 Å². The van der Waals surface area contributed by atoms with Crippen LogP contribution in [0.2, 0.25) is 5.02 Å². The molecule has 0 aromatic heterocycles. The Kier molecular flexibility index (Phi) is 4.37. The van der Waals surface area contributed by atoms with Crippen molar-refractivity contribution in [3.8, 4) is 0 Å². The van der Waals surface area contributed by atoms with Crippen LogP contribution in [-0.2, 0) is 14.6 Å². The molecule has 2 rings (SSSR count). The molecule has 0 amide bonds. The number of allylic oxidation sites excluding steroid dienone is 1. The molecule has 0 saturated heterocycles. The van der Waals surface area contributed by atoms with Gasteiger partial charge < -0.3 is 10.1 Å². The Bertz CT molecular complexity index is 584. The third-order valence-corrected chi connectivity index (χ3v) is 4.35. The van der Waals surface area contributed by atoms with E-state index in [1.165, 1.54) is 12.3 Å². The number of nitrogens with one attached hydrogen (secondary N) is 1. The predicted molar refractivity (Wildman–Crippen MR) is 76.3 cm³/mol. The minimum atomic E-state index is -3.23. The summed E-state index contributed by atoms with van der Waals surface area (Å²) >= 11 is 6.05. The zero-order chi connectivity index (χ0) is 13.9. The topological polar surface area (TPSA) is 55.4 Å². The summed E-state index contributed by atoms with van der Waals surface area (Å²) < 4.78 is 28.4. The standard InChI is InChI=1S/C13H16ClNO3S/c1-19(16,17)11-5-6-12(14)13(8-11)15-9-10-4-2-3-7-18-10/h3,5-8,10,15H,2,4,9H2,1H3/t10-/m1/s1. The van der Waals surface area contributed by atoms with Gasteiger partial charge in [0.1, 0.15) is 6.10 Å². The molecule has 0 fully saturated rings. The number of hydrogen-bond donors (Lipinski definition) is 1. The van der Waals surface area contributed by atoms with Crippen LogP contribution in [0.3, 0.4) is 0 Å². The van der Waals surface area contributed by atoms with Crippen LogP contribution in [0.15, 0.2) is 35.4 Å². The van der Waals surface area contributed by atoms with Gasteiger partial charge in [-0.3, -0.25) is 0 Å². The van der Waals surface area contributed by atoms with Gasteiger partial charge in [-0.1, -0.05) is 11.6 Å². The number of sulfone groups is 1. The molecular weight excluding hydrogens is 286 g/mol. The molecule has 0 spiro atoms. The van der Waals surface area contributed by atoms with Crippen molar-refractivity contribution in [2.24, 2.45) is 0 Å². The number of anilines is 1. The molecule has 0 saturated carbocycles. The summed E-state index contributed by atoms with van der Waals surface area (Å²) in [5.41, 5.74) is 0.614. The van der Waals surface area contributed by atoms with E-state index in [4.69, 9.17) is 16.3 Å². The van der Waals surface area contributed by atoms with Crippen LogP contribution in [0.25, 0.3) is 0 Å². The summed E-state index contributed by atoms with van der Waals surface area (Å²) in [5, 5.41) is 3.64. The molecule has 0 bridgehead atoms. The van der Waals surface area contributed by atoms with Gasteiger partial charge in [-0.05, 0) is 37.1 Å². The van der Waals surface area contributed by atoms with Crippen LogP contribution in [-0.4, -0.2) is 27.3 Å². The second-order valence-corrected chi connectivity index (χ2v) is 6.92. The summed E-state index contributed by atoms with van der Waals surface area (Å²) in [7, 11) is -3.23. The highest BCUT2D eigenvalue weighted by atomic mass is 35.5. The molecule has 1 aromatic carbocycles. The van der Waals surface area contributed by atoms with Crippen LogP contribution >= 0.6 is 11.6 Å². The van der Waals surface area contributed by atoms with Crippen LogP contribution in [0.1, 0.15) is 12.8 Å². The smallest absolute Gasteiger partial charge is 0.175 e. The first kappa shape index (κ1) is 14.2. The first-order chi connectivity index (χ1) is 8.97. The second-order valence-electron chi connectivity index (χ2n) is 4.50. The average Bonchev–Trinajstić information content (AvgIpc) is 2.37. The van der Waals surface area contributed by atoms with Crippen LogP contribution < -0.4 is 5.32 Å². The largest absolute Gasteiger partial charge is 0.497 e. The number of benzene rings is 1. The van der Waals surface area contributed by atoms with Crippen molar-refractivity contribution < 1.29 is 13.2 Å². The van der Waals surface area contributed by atoms with Crippen LogP contribution in [0.4, 0.5) is 5.69 Å². The highest BCUT2D eigenvalue weighted by Gasteiger charge is 2.13. The highest BCUT2D eigenvalue weighted by Crippen LogP contribution is 2.25. The maximum atomic E-state index is 11.5. The minimum Gasteiger partial charge on any atom is -0.497 e.